The summed E-state index contributed by atoms with van der Waals surface area (Å²) in [7, 11) is 0. The molecule has 0 bridgehead atoms. The first-order valence-electron chi connectivity index (χ1n) is 6.54. The van der Waals surface area contributed by atoms with Gasteiger partial charge in [0.15, 0.2) is 11.5 Å². The second-order valence-corrected chi connectivity index (χ2v) is 5.59. The first-order chi connectivity index (χ1) is 8.81. The summed E-state index contributed by atoms with van der Waals surface area (Å²) in [4.78, 5) is 0. The van der Waals surface area contributed by atoms with Gasteiger partial charge in [0, 0.05) is 18.2 Å². The Morgan fingerprint density at radius 1 is 1.28 bits per heavy atom. The predicted molar refractivity (Wildman–Crippen MR) is 76.6 cm³/mol. The zero-order valence-electron chi connectivity index (χ0n) is 10.9. The van der Waals surface area contributed by atoms with Gasteiger partial charge in [0.05, 0.1) is 13.2 Å². The summed E-state index contributed by atoms with van der Waals surface area (Å²) in [6.07, 6.45) is 2.13. The van der Waals surface area contributed by atoms with Crippen LogP contribution in [0.25, 0.3) is 0 Å². The Hall–Kier alpha value is -0.870. The van der Waals surface area contributed by atoms with Crippen LogP contribution in [-0.2, 0) is 0 Å². The molecule has 0 fully saturated rings. The van der Waals surface area contributed by atoms with Gasteiger partial charge in [0.2, 0.25) is 0 Å². The third-order valence-electron chi connectivity index (χ3n) is 2.85. The molecule has 0 spiro atoms. The summed E-state index contributed by atoms with van der Waals surface area (Å²) in [6.45, 7) is 3.63. The largest absolute Gasteiger partial charge is 0.490 e. The van der Waals surface area contributed by atoms with Gasteiger partial charge in [-0.15, -0.1) is 0 Å². The Morgan fingerprint density at radius 3 is 2.83 bits per heavy atom. The van der Waals surface area contributed by atoms with Crippen molar-refractivity contribution >= 4 is 11.8 Å². The van der Waals surface area contributed by atoms with Gasteiger partial charge < -0.3 is 15.2 Å². The van der Waals surface area contributed by atoms with Gasteiger partial charge in [-0.2, -0.15) is 11.8 Å². The second-order valence-electron chi connectivity index (χ2n) is 4.44. The van der Waals surface area contributed by atoms with E-state index in [0.717, 1.165) is 48.2 Å². The molecule has 3 nitrogen and oxygen atoms in total. The van der Waals surface area contributed by atoms with Crippen LogP contribution in [0.15, 0.2) is 18.2 Å². The highest BCUT2D eigenvalue weighted by Crippen LogP contribution is 2.32. The number of rotatable bonds is 5. The molecule has 1 aromatic carbocycles. The van der Waals surface area contributed by atoms with Gasteiger partial charge in [-0.3, -0.25) is 0 Å². The van der Waals surface area contributed by atoms with Gasteiger partial charge in [0.1, 0.15) is 0 Å². The van der Waals surface area contributed by atoms with Crippen molar-refractivity contribution < 1.29 is 9.47 Å². The molecular formula is C14H21NO2S. The van der Waals surface area contributed by atoms with Crippen LogP contribution >= 0.6 is 11.8 Å². The third kappa shape index (κ3) is 3.56. The standard InChI is InChI=1S/C14H21NO2S/c1-2-8-18-10-12(15)11-4-5-13-14(9-11)17-7-3-6-16-13/h4-5,9,12H,2-3,6-8,10,15H2,1H3. The van der Waals surface area contributed by atoms with E-state index in [9.17, 15) is 0 Å². The molecule has 1 aliphatic heterocycles. The van der Waals surface area contributed by atoms with Crippen molar-refractivity contribution in [2.45, 2.75) is 25.8 Å². The molecule has 1 heterocycles. The van der Waals surface area contributed by atoms with Gasteiger partial charge in [-0.25, -0.2) is 0 Å². The van der Waals surface area contributed by atoms with E-state index >= 15 is 0 Å². The lowest BCUT2D eigenvalue weighted by Gasteiger charge is -2.14. The highest BCUT2D eigenvalue weighted by Gasteiger charge is 2.13. The molecule has 1 atom stereocenters. The molecule has 1 aromatic rings. The molecule has 4 heteroatoms. The Morgan fingerprint density at radius 2 is 2.06 bits per heavy atom. The lowest BCUT2D eigenvalue weighted by Crippen LogP contribution is -2.13. The van der Waals surface area contributed by atoms with E-state index in [-0.39, 0.29) is 6.04 Å². The highest BCUT2D eigenvalue weighted by atomic mass is 32.2. The normalized spacial score (nSPS) is 16.1. The zero-order chi connectivity index (χ0) is 12.8. The van der Waals surface area contributed by atoms with Gasteiger partial charge >= 0.3 is 0 Å². The number of hydrogen-bond donors (Lipinski definition) is 1. The molecule has 1 unspecified atom stereocenters. The van der Waals surface area contributed by atoms with Crippen LogP contribution in [0.3, 0.4) is 0 Å². The minimum atomic E-state index is 0.0682. The van der Waals surface area contributed by atoms with E-state index in [0.29, 0.717) is 0 Å². The van der Waals surface area contributed by atoms with E-state index < -0.39 is 0 Å². The monoisotopic (exact) mass is 267 g/mol. The smallest absolute Gasteiger partial charge is 0.161 e. The average Bonchev–Trinajstić information content (AvgIpc) is 2.63. The Balaban J connectivity index is 2.02. The lowest BCUT2D eigenvalue weighted by molar-refractivity contribution is 0.297. The molecule has 100 valence electrons. The van der Waals surface area contributed by atoms with Crippen molar-refractivity contribution in [2.75, 3.05) is 24.7 Å². The Labute approximate surface area is 113 Å². The van der Waals surface area contributed by atoms with E-state index in [1.54, 1.807) is 0 Å². The zero-order valence-corrected chi connectivity index (χ0v) is 11.7. The fraction of sp³-hybridized carbons (Fsp3) is 0.571. The molecule has 0 saturated carbocycles. The molecule has 0 saturated heterocycles. The molecule has 2 N–H and O–H groups in total. The summed E-state index contributed by atoms with van der Waals surface area (Å²) in [5.41, 5.74) is 7.32. The van der Waals surface area contributed by atoms with Crippen molar-refractivity contribution in [3.05, 3.63) is 23.8 Å². The van der Waals surface area contributed by atoms with Crippen LogP contribution in [0.4, 0.5) is 0 Å². The first-order valence-corrected chi connectivity index (χ1v) is 7.69. The van der Waals surface area contributed by atoms with E-state index in [2.05, 4.69) is 6.92 Å². The number of benzene rings is 1. The number of ether oxygens (including phenoxy) is 2. The fourth-order valence-electron chi connectivity index (χ4n) is 1.86. The van der Waals surface area contributed by atoms with Crippen molar-refractivity contribution in [3.63, 3.8) is 0 Å². The van der Waals surface area contributed by atoms with Crippen LogP contribution in [0.5, 0.6) is 11.5 Å². The summed E-state index contributed by atoms with van der Waals surface area (Å²) in [5.74, 6) is 3.79. The van der Waals surface area contributed by atoms with Crippen LogP contribution in [0.2, 0.25) is 0 Å². The van der Waals surface area contributed by atoms with Gasteiger partial charge in [-0.1, -0.05) is 13.0 Å². The van der Waals surface area contributed by atoms with Crippen molar-refractivity contribution in [1.29, 1.82) is 0 Å². The molecule has 0 aromatic heterocycles. The molecule has 1 aliphatic rings. The van der Waals surface area contributed by atoms with Crippen LogP contribution in [0.1, 0.15) is 31.4 Å². The molecule has 0 amide bonds. The summed E-state index contributed by atoms with van der Waals surface area (Å²) in [5, 5.41) is 0. The number of fused-ring (bicyclic) bond motifs is 1. The lowest BCUT2D eigenvalue weighted by atomic mass is 10.1. The summed E-state index contributed by atoms with van der Waals surface area (Å²) in [6, 6.07) is 6.11. The SMILES string of the molecule is CCCSCC(N)c1ccc2c(c1)OCCCO2. The molecule has 0 radical (unpaired) electrons. The molecule has 0 aliphatic carbocycles. The maximum atomic E-state index is 6.19. The number of nitrogens with two attached hydrogens (primary N) is 1. The summed E-state index contributed by atoms with van der Waals surface area (Å²) >= 11 is 1.90. The Bertz CT molecular complexity index is 384. The van der Waals surface area contributed by atoms with E-state index in [1.165, 1.54) is 6.42 Å². The van der Waals surface area contributed by atoms with E-state index in [4.69, 9.17) is 15.2 Å². The molecular weight excluding hydrogens is 246 g/mol. The fourth-order valence-corrected chi connectivity index (χ4v) is 2.76. The second kappa shape index (κ2) is 6.90. The van der Waals surface area contributed by atoms with Crippen molar-refractivity contribution in [3.8, 4) is 11.5 Å². The van der Waals surface area contributed by atoms with Crippen LogP contribution in [-0.4, -0.2) is 24.7 Å². The highest BCUT2D eigenvalue weighted by molar-refractivity contribution is 7.99. The maximum Gasteiger partial charge on any atom is 0.161 e. The molecule has 2 rings (SSSR count). The van der Waals surface area contributed by atoms with Crippen LogP contribution < -0.4 is 15.2 Å². The minimum Gasteiger partial charge on any atom is -0.490 e. The van der Waals surface area contributed by atoms with Crippen molar-refractivity contribution in [2.24, 2.45) is 5.73 Å². The maximum absolute atomic E-state index is 6.19. The van der Waals surface area contributed by atoms with Gasteiger partial charge in [0.25, 0.3) is 0 Å². The molecule has 18 heavy (non-hydrogen) atoms. The summed E-state index contributed by atoms with van der Waals surface area (Å²) < 4.78 is 11.3. The van der Waals surface area contributed by atoms with Crippen molar-refractivity contribution in [1.82, 2.24) is 0 Å². The number of thioether (sulfide) groups is 1. The van der Waals surface area contributed by atoms with Crippen LogP contribution in [0, 0.1) is 0 Å². The third-order valence-corrected chi connectivity index (χ3v) is 4.14. The predicted octanol–water partition coefficient (Wildman–Crippen LogP) is 2.99. The quantitative estimate of drug-likeness (QED) is 0.833. The topological polar surface area (TPSA) is 44.5 Å². The first kappa shape index (κ1) is 13.6. The number of hydrogen-bond acceptors (Lipinski definition) is 4. The minimum absolute atomic E-state index is 0.0682. The van der Waals surface area contributed by atoms with Gasteiger partial charge in [-0.05, 0) is 29.9 Å². The Kier molecular flexibility index (Phi) is 5.20. The average molecular weight is 267 g/mol. The van der Waals surface area contributed by atoms with E-state index in [1.807, 2.05) is 30.0 Å².